The molecular weight excluding hydrogens is 456 g/mol. The van der Waals surface area contributed by atoms with E-state index in [1.807, 2.05) is 84.9 Å². The lowest BCUT2D eigenvalue weighted by atomic mass is 10.1. The lowest BCUT2D eigenvalue weighted by Crippen LogP contribution is -2.06. The first kappa shape index (κ1) is 23.1. The van der Waals surface area contributed by atoms with Gasteiger partial charge in [-0.25, -0.2) is 0 Å². The Morgan fingerprint density at radius 2 is 1.36 bits per heavy atom. The smallest absolute Gasteiger partial charge is 0.204 e. The molecule has 0 bridgehead atoms. The number of benzene rings is 4. The molecule has 4 aromatic carbocycles. The molecule has 0 unspecified atom stereocenters. The summed E-state index contributed by atoms with van der Waals surface area (Å²) in [6, 6.07) is 29.5. The molecule has 0 aliphatic rings. The van der Waals surface area contributed by atoms with Gasteiger partial charge in [0, 0.05) is 17.7 Å². The number of aromatic hydroxyl groups is 1. The molecule has 5 rings (SSSR count). The first-order chi connectivity index (χ1) is 17.6. The van der Waals surface area contributed by atoms with Gasteiger partial charge in [0.15, 0.2) is 16.9 Å². The highest BCUT2D eigenvalue weighted by Gasteiger charge is 2.21. The van der Waals surface area contributed by atoms with Gasteiger partial charge in [0.1, 0.15) is 35.7 Å². The second-order valence-corrected chi connectivity index (χ2v) is 8.18. The number of hydrogen-bond acceptors (Lipinski definition) is 6. The monoisotopic (exact) mass is 480 g/mol. The predicted octanol–water partition coefficient (Wildman–Crippen LogP) is 6.33. The van der Waals surface area contributed by atoms with E-state index in [-0.39, 0.29) is 40.3 Å². The van der Waals surface area contributed by atoms with Crippen LogP contribution in [0.1, 0.15) is 11.1 Å². The Morgan fingerprint density at radius 1 is 0.750 bits per heavy atom. The first-order valence-electron chi connectivity index (χ1n) is 11.4. The predicted molar refractivity (Wildman–Crippen MR) is 138 cm³/mol. The van der Waals surface area contributed by atoms with Crippen LogP contribution >= 0.6 is 0 Å². The Morgan fingerprint density at radius 3 is 1.97 bits per heavy atom. The van der Waals surface area contributed by atoms with Gasteiger partial charge in [0.05, 0.1) is 7.11 Å². The maximum atomic E-state index is 13.2. The van der Waals surface area contributed by atoms with Crippen molar-refractivity contribution < 1.29 is 23.7 Å². The van der Waals surface area contributed by atoms with Crippen molar-refractivity contribution in [2.45, 2.75) is 13.2 Å². The van der Waals surface area contributed by atoms with Crippen molar-refractivity contribution >= 4 is 11.0 Å². The fourth-order valence-electron chi connectivity index (χ4n) is 3.92. The van der Waals surface area contributed by atoms with Gasteiger partial charge >= 0.3 is 0 Å². The molecule has 0 spiro atoms. The van der Waals surface area contributed by atoms with Gasteiger partial charge in [0.2, 0.25) is 5.75 Å². The molecule has 0 fully saturated rings. The molecule has 5 aromatic rings. The normalized spacial score (nSPS) is 10.8. The van der Waals surface area contributed by atoms with Gasteiger partial charge < -0.3 is 23.7 Å². The minimum Gasteiger partial charge on any atom is -0.504 e. The van der Waals surface area contributed by atoms with Crippen molar-refractivity contribution in [2.24, 2.45) is 0 Å². The highest BCUT2D eigenvalue weighted by molar-refractivity contribution is 5.90. The number of methoxy groups -OCH3 is 1. The summed E-state index contributed by atoms with van der Waals surface area (Å²) in [4.78, 5) is 13.2. The zero-order valence-electron chi connectivity index (χ0n) is 19.6. The highest BCUT2D eigenvalue weighted by atomic mass is 16.5. The van der Waals surface area contributed by atoms with Crippen molar-refractivity contribution in [3.8, 4) is 34.3 Å². The molecule has 6 heteroatoms. The number of hydrogen-bond donors (Lipinski definition) is 1. The molecular formula is C30H24O6. The third-order valence-corrected chi connectivity index (χ3v) is 5.73. The van der Waals surface area contributed by atoms with E-state index in [0.29, 0.717) is 23.7 Å². The van der Waals surface area contributed by atoms with E-state index in [1.165, 1.54) is 19.2 Å². The van der Waals surface area contributed by atoms with Crippen LogP contribution in [-0.4, -0.2) is 12.2 Å². The third-order valence-electron chi connectivity index (χ3n) is 5.73. The largest absolute Gasteiger partial charge is 0.504 e. The van der Waals surface area contributed by atoms with Gasteiger partial charge in [-0.15, -0.1) is 0 Å². The van der Waals surface area contributed by atoms with E-state index in [1.54, 1.807) is 0 Å². The van der Waals surface area contributed by atoms with E-state index < -0.39 is 0 Å². The summed E-state index contributed by atoms with van der Waals surface area (Å²) in [7, 11) is 1.41. The maximum Gasteiger partial charge on any atom is 0.204 e. The molecule has 0 saturated heterocycles. The van der Waals surface area contributed by atoms with Crippen LogP contribution in [0.2, 0.25) is 0 Å². The fraction of sp³-hybridized carbons (Fsp3) is 0.100. The van der Waals surface area contributed by atoms with E-state index in [9.17, 15) is 9.90 Å². The summed E-state index contributed by atoms with van der Waals surface area (Å²) in [6.07, 6.45) is 0. The van der Waals surface area contributed by atoms with Crippen LogP contribution in [0.25, 0.3) is 22.3 Å². The first-order valence-corrected chi connectivity index (χ1v) is 11.4. The number of fused-ring (bicyclic) bond motifs is 1. The Hall–Kier alpha value is -4.71. The summed E-state index contributed by atoms with van der Waals surface area (Å²) < 4.78 is 23.2. The minimum absolute atomic E-state index is 0.0819. The van der Waals surface area contributed by atoms with Gasteiger partial charge in [-0.05, 0) is 35.4 Å². The number of phenolic OH excluding ortho intramolecular Hbond substituents is 1. The molecule has 1 N–H and O–H groups in total. The average molecular weight is 481 g/mol. The minimum atomic E-state index is -0.308. The number of phenols is 1. The summed E-state index contributed by atoms with van der Waals surface area (Å²) in [5.74, 6) is 1.10. The lowest BCUT2D eigenvalue weighted by molar-refractivity contribution is 0.280. The topological polar surface area (TPSA) is 78.1 Å². The zero-order chi connectivity index (χ0) is 24.9. The molecule has 180 valence electrons. The van der Waals surface area contributed by atoms with Crippen LogP contribution in [0.5, 0.6) is 23.0 Å². The quantitative estimate of drug-likeness (QED) is 0.280. The average Bonchev–Trinajstić information content (AvgIpc) is 2.91. The van der Waals surface area contributed by atoms with Crippen LogP contribution in [0.4, 0.5) is 0 Å². The Kier molecular flexibility index (Phi) is 6.58. The Balaban J connectivity index is 1.45. The van der Waals surface area contributed by atoms with Crippen molar-refractivity contribution in [1.82, 2.24) is 0 Å². The van der Waals surface area contributed by atoms with Gasteiger partial charge in [0.25, 0.3) is 0 Å². The third kappa shape index (κ3) is 4.88. The highest BCUT2D eigenvalue weighted by Crippen LogP contribution is 2.42. The summed E-state index contributed by atoms with van der Waals surface area (Å²) in [6.45, 7) is 0.652. The van der Waals surface area contributed by atoms with Crippen molar-refractivity contribution in [1.29, 1.82) is 0 Å². The fourth-order valence-corrected chi connectivity index (χ4v) is 3.92. The van der Waals surface area contributed by atoms with E-state index in [4.69, 9.17) is 18.6 Å². The maximum absolute atomic E-state index is 13.2. The molecule has 0 amide bonds. The van der Waals surface area contributed by atoms with Crippen LogP contribution in [-0.2, 0) is 13.2 Å². The molecule has 1 aromatic heterocycles. The summed E-state index contributed by atoms with van der Waals surface area (Å²) in [5.41, 5.74) is 2.57. The van der Waals surface area contributed by atoms with E-state index in [2.05, 4.69) is 0 Å². The van der Waals surface area contributed by atoms with Gasteiger partial charge in [-0.1, -0.05) is 60.7 Å². The molecule has 0 aliphatic heterocycles. The van der Waals surface area contributed by atoms with Crippen molar-refractivity contribution in [3.63, 3.8) is 0 Å². The molecule has 0 atom stereocenters. The SMILES string of the molecule is COc1c(O)cc2oc(-c3ccc(OCc4ccccc4)cc3)cc(=O)c2c1OCc1ccccc1. The lowest BCUT2D eigenvalue weighted by Gasteiger charge is -2.15. The van der Waals surface area contributed by atoms with E-state index >= 15 is 0 Å². The zero-order valence-corrected chi connectivity index (χ0v) is 19.6. The second kappa shape index (κ2) is 10.3. The van der Waals surface area contributed by atoms with Gasteiger partial charge in [-0.2, -0.15) is 0 Å². The summed E-state index contributed by atoms with van der Waals surface area (Å²) in [5, 5.41) is 10.7. The molecule has 6 nitrogen and oxygen atoms in total. The summed E-state index contributed by atoms with van der Waals surface area (Å²) >= 11 is 0. The number of ether oxygens (including phenoxy) is 3. The van der Waals surface area contributed by atoms with Crippen LogP contribution < -0.4 is 19.6 Å². The Labute approximate surface area is 207 Å². The second-order valence-electron chi connectivity index (χ2n) is 8.18. The standard InChI is InChI=1S/C30H24O6/c1-33-29-25(32)17-27-28(30(29)35-19-21-10-6-3-7-11-21)24(31)16-26(36-27)22-12-14-23(15-13-22)34-18-20-8-4-2-5-9-20/h2-17,32H,18-19H2,1H3. The van der Waals surface area contributed by atoms with Gasteiger partial charge in [-0.3, -0.25) is 4.79 Å². The van der Waals surface area contributed by atoms with Crippen LogP contribution in [0.15, 0.2) is 106 Å². The molecule has 0 radical (unpaired) electrons. The van der Waals surface area contributed by atoms with Crippen molar-refractivity contribution in [2.75, 3.05) is 7.11 Å². The van der Waals surface area contributed by atoms with E-state index in [0.717, 1.165) is 11.1 Å². The molecule has 0 aliphatic carbocycles. The number of rotatable bonds is 8. The van der Waals surface area contributed by atoms with Crippen LogP contribution in [0, 0.1) is 0 Å². The molecule has 36 heavy (non-hydrogen) atoms. The molecule has 0 saturated carbocycles. The van der Waals surface area contributed by atoms with Crippen molar-refractivity contribution in [3.05, 3.63) is 118 Å². The molecule has 1 heterocycles. The van der Waals surface area contributed by atoms with Crippen LogP contribution in [0.3, 0.4) is 0 Å². The Bertz CT molecular complexity index is 1520.